The van der Waals surface area contributed by atoms with Gasteiger partial charge in [0.1, 0.15) is 23.5 Å². The van der Waals surface area contributed by atoms with E-state index in [1.54, 1.807) is 0 Å². The summed E-state index contributed by atoms with van der Waals surface area (Å²) in [5.74, 6) is 0. The van der Waals surface area contributed by atoms with Gasteiger partial charge in [-0.3, -0.25) is 0 Å². The highest BCUT2D eigenvalue weighted by Gasteiger charge is 2.22. The van der Waals surface area contributed by atoms with Crippen molar-refractivity contribution in [2.75, 3.05) is 0 Å². The molecule has 0 aliphatic carbocycles. The summed E-state index contributed by atoms with van der Waals surface area (Å²) in [5, 5.41) is 5.13. The lowest BCUT2D eigenvalue weighted by atomic mass is 9.69. The average Bonchev–Trinajstić information content (AvgIpc) is 3.74. The fourth-order valence-electron chi connectivity index (χ4n) is 8.72. The van der Waals surface area contributed by atoms with Gasteiger partial charge in [-0.15, -0.1) is 0 Å². The lowest BCUT2D eigenvalue weighted by molar-refractivity contribution is 1.18. The van der Waals surface area contributed by atoms with E-state index in [2.05, 4.69) is 209 Å². The molecule has 2 aromatic heterocycles. The van der Waals surface area contributed by atoms with Gasteiger partial charge in [0.25, 0.3) is 0 Å². The number of benzene rings is 8. The smallest absolute Gasteiger partial charge is 0.141 e. The van der Waals surface area contributed by atoms with Gasteiger partial charge >= 0.3 is 0 Å². The average molecular weight is 672 g/mol. The summed E-state index contributed by atoms with van der Waals surface area (Å²) in [6.07, 6.45) is 0. The largest absolute Gasteiger partial charge is 0.310 e. The van der Waals surface area contributed by atoms with Gasteiger partial charge in [-0.2, -0.15) is 0 Å². The zero-order valence-electron chi connectivity index (χ0n) is 30.1. The van der Waals surface area contributed by atoms with Crippen molar-refractivity contribution in [1.82, 2.24) is 9.13 Å². The third kappa shape index (κ3) is 4.92. The first-order valence-electron chi connectivity index (χ1n) is 18.4. The number of rotatable bonds is 5. The Kier molecular flexibility index (Phi) is 7.30. The standard InChI is InChI=1S/C48H35B3N2/c49-45-43(34-23-27-41-39(28-34)37-26-22-33(31-14-6-2-7-15-31)29-42(37)52(41)35-16-8-3-9-17-35)46(50)47(51)48-44(45)38-18-10-11-19-40(38)53(48)36-24-20-32(21-25-36)30-12-4-1-5-13-30/h1-29H,49-51H2. The monoisotopic (exact) mass is 672 g/mol. The van der Waals surface area contributed by atoms with Crippen LogP contribution in [0.1, 0.15) is 0 Å². The third-order valence-electron chi connectivity index (χ3n) is 11.3. The Hall–Kier alpha value is -6.45. The Labute approximate surface area is 312 Å². The van der Waals surface area contributed by atoms with Crippen molar-refractivity contribution in [1.29, 1.82) is 0 Å². The van der Waals surface area contributed by atoms with Gasteiger partial charge in [-0.05, 0) is 81.9 Å². The van der Waals surface area contributed by atoms with Crippen LogP contribution in [-0.2, 0) is 0 Å². The predicted octanol–water partition coefficient (Wildman–Crippen LogP) is 7.66. The molecule has 0 fully saturated rings. The lowest BCUT2D eigenvalue weighted by Crippen LogP contribution is -2.35. The molecule has 0 saturated heterocycles. The summed E-state index contributed by atoms with van der Waals surface area (Å²) in [6.45, 7) is 0. The van der Waals surface area contributed by atoms with E-state index in [1.807, 2.05) is 0 Å². The zero-order valence-corrected chi connectivity index (χ0v) is 30.1. The van der Waals surface area contributed by atoms with Crippen molar-refractivity contribution in [3.8, 4) is 44.8 Å². The first-order valence-corrected chi connectivity index (χ1v) is 18.4. The second-order valence-electron chi connectivity index (χ2n) is 14.2. The molecule has 2 heterocycles. The Morgan fingerprint density at radius 3 is 1.58 bits per heavy atom. The minimum atomic E-state index is 1.17. The van der Waals surface area contributed by atoms with Crippen LogP contribution in [0.2, 0.25) is 0 Å². The van der Waals surface area contributed by atoms with Crippen LogP contribution in [0.4, 0.5) is 0 Å². The number of para-hydroxylation sites is 2. The molecular formula is C48H35B3N2. The molecule has 5 heteroatoms. The molecule has 0 atom stereocenters. The zero-order chi connectivity index (χ0) is 35.6. The van der Waals surface area contributed by atoms with Crippen LogP contribution in [0.3, 0.4) is 0 Å². The van der Waals surface area contributed by atoms with Gasteiger partial charge in [0.05, 0.1) is 16.6 Å². The summed E-state index contributed by atoms with van der Waals surface area (Å²) < 4.78 is 4.89. The van der Waals surface area contributed by atoms with Gasteiger partial charge in [-0.1, -0.05) is 144 Å². The molecule has 0 spiro atoms. The Bertz CT molecular complexity index is 3000. The van der Waals surface area contributed by atoms with E-state index < -0.39 is 0 Å². The number of aromatic nitrogens is 2. The normalized spacial score (nSPS) is 11.6. The maximum atomic E-state index is 2.47. The van der Waals surface area contributed by atoms with Crippen LogP contribution in [0, 0.1) is 0 Å². The van der Waals surface area contributed by atoms with Crippen LogP contribution < -0.4 is 16.4 Å². The molecule has 0 radical (unpaired) electrons. The third-order valence-corrected chi connectivity index (χ3v) is 11.3. The Morgan fingerprint density at radius 2 is 0.868 bits per heavy atom. The summed E-state index contributed by atoms with van der Waals surface area (Å²) in [7, 11) is 6.93. The maximum absolute atomic E-state index is 2.47. The van der Waals surface area contributed by atoms with Crippen LogP contribution in [0.5, 0.6) is 0 Å². The van der Waals surface area contributed by atoms with Gasteiger partial charge in [0.2, 0.25) is 0 Å². The van der Waals surface area contributed by atoms with Crippen LogP contribution in [-0.4, -0.2) is 32.7 Å². The highest BCUT2D eigenvalue weighted by Crippen LogP contribution is 2.38. The highest BCUT2D eigenvalue weighted by atomic mass is 15.0. The number of hydrogen-bond acceptors (Lipinski definition) is 0. The van der Waals surface area contributed by atoms with E-state index in [1.165, 1.54) is 105 Å². The fraction of sp³-hybridized carbons (Fsp3) is 0. The lowest BCUT2D eigenvalue weighted by Gasteiger charge is -2.19. The molecule has 0 saturated carbocycles. The van der Waals surface area contributed by atoms with E-state index in [4.69, 9.17) is 0 Å². The van der Waals surface area contributed by atoms with E-state index in [0.717, 1.165) is 0 Å². The molecule has 0 N–H and O–H groups in total. The minimum Gasteiger partial charge on any atom is -0.310 e. The van der Waals surface area contributed by atoms with E-state index in [-0.39, 0.29) is 0 Å². The van der Waals surface area contributed by atoms with Crippen molar-refractivity contribution in [3.05, 3.63) is 176 Å². The van der Waals surface area contributed by atoms with E-state index in [9.17, 15) is 0 Å². The number of fused-ring (bicyclic) bond motifs is 6. The summed E-state index contributed by atoms with van der Waals surface area (Å²) in [6, 6.07) is 64.0. The topological polar surface area (TPSA) is 9.86 Å². The molecule has 10 aromatic rings. The fourth-order valence-corrected chi connectivity index (χ4v) is 8.72. The molecule has 10 rings (SSSR count). The van der Waals surface area contributed by atoms with Gasteiger partial charge in [0, 0.05) is 38.4 Å². The summed E-state index contributed by atoms with van der Waals surface area (Å²) in [5.41, 5.74) is 18.7. The Morgan fingerprint density at radius 1 is 0.321 bits per heavy atom. The Balaban J connectivity index is 1.19. The summed E-state index contributed by atoms with van der Waals surface area (Å²) >= 11 is 0. The second kappa shape index (κ2) is 12.4. The SMILES string of the molecule is Bc1c(-c2ccc3c(c2)c2ccc(-c4ccccc4)cc2n3-c2ccccc2)c(B)c2c3ccccc3n(-c3ccc(-c4ccccc4)cc3)c2c1B. The van der Waals surface area contributed by atoms with Gasteiger partial charge in [-0.25, -0.2) is 0 Å². The van der Waals surface area contributed by atoms with Crippen molar-refractivity contribution < 1.29 is 0 Å². The molecule has 0 aliphatic rings. The minimum absolute atomic E-state index is 1.17. The van der Waals surface area contributed by atoms with Crippen LogP contribution in [0.25, 0.3) is 88.4 Å². The first kappa shape index (κ1) is 31.3. The van der Waals surface area contributed by atoms with Crippen molar-refractivity contribution in [2.24, 2.45) is 0 Å². The van der Waals surface area contributed by atoms with Gasteiger partial charge < -0.3 is 9.13 Å². The molecule has 0 aliphatic heterocycles. The van der Waals surface area contributed by atoms with E-state index in [0.29, 0.717) is 0 Å². The molecular weight excluding hydrogens is 637 g/mol. The van der Waals surface area contributed by atoms with Gasteiger partial charge in [0.15, 0.2) is 0 Å². The molecule has 246 valence electrons. The molecule has 53 heavy (non-hydrogen) atoms. The molecule has 2 nitrogen and oxygen atoms in total. The molecule has 0 unspecified atom stereocenters. The highest BCUT2D eigenvalue weighted by molar-refractivity contribution is 6.60. The van der Waals surface area contributed by atoms with Crippen LogP contribution in [0.15, 0.2) is 176 Å². The molecule has 0 bridgehead atoms. The number of nitrogens with zero attached hydrogens (tertiary/aromatic N) is 2. The molecule has 8 aromatic carbocycles. The maximum Gasteiger partial charge on any atom is 0.141 e. The van der Waals surface area contributed by atoms with Crippen molar-refractivity contribution >= 4 is 83.5 Å². The second-order valence-corrected chi connectivity index (χ2v) is 14.2. The van der Waals surface area contributed by atoms with Crippen LogP contribution >= 0.6 is 0 Å². The van der Waals surface area contributed by atoms with Crippen molar-refractivity contribution in [3.63, 3.8) is 0 Å². The van der Waals surface area contributed by atoms with E-state index >= 15 is 0 Å². The summed E-state index contributed by atoms with van der Waals surface area (Å²) in [4.78, 5) is 0. The quantitative estimate of drug-likeness (QED) is 0.166. The number of hydrogen-bond donors (Lipinski definition) is 0. The first-order chi connectivity index (χ1) is 26.1. The molecule has 0 amide bonds. The van der Waals surface area contributed by atoms with Crippen molar-refractivity contribution in [2.45, 2.75) is 0 Å². The predicted molar refractivity (Wildman–Crippen MR) is 236 cm³/mol.